The first-order valence-corrected chi connectivity index (χ1v) is 9.05. The first kappa shape index (κ1) is 16.9. The van der Waals surface area contributed by atoms with Crippen LogP contribution < -0.4 is 5.32 Å². The third kappa shape index (κ3) is 5.33. The van der Waals surface area contributed by atoms with Crippen molar-refractivity contribution in [3.63, 3.8) is 0 Å². The minimum Gasteiger partial charge on any atom is -0.316 e. The van der Waals surface area contributed by atoms with Crippen molar-refractivity contribution in [2.75, 3.05) is 12.8 Å². The number of nitrogens with one attached hydrogen (secondary N) is 1. The number of thioether (sulfide) groups is 1. The van der Waals surface area contributed by atoms with Crippen LogP contribution in [0.5, 0.6) is 0 Å². The lowest BCUT2D eigenvalue weighted by Crippen LogP contribution is -2.30. The van der Waals surface area contributed by atoms with Crippen LogP contribution in [0.1, 0.15) is 11.1 Å². The summed E-state index contributed by atoms with van der Waals surface area (Å²) in [5.41, 5.74) is 2.41. The number of aryl methyl sites for hydroxylation is 1. The van der Waals surface area contributed by atoms with Gasteiger partial charge in [-0.2, -0.15) is 0 Å². The highest BCUT2D eigenvalue weighted by Crippen LogP contribution is 2.24. The van der Waals surface area contributed by atoms with Crippen LogP contribution in [0, 0.1) is 6.92 Å². The second-order valence-electron chi connectivity index (χ2n) is 5.05. The molecule has 0 spiro atoms. The van der Waals surface area contributed by atoms with E-state index in [0.29, 0.717) is 6.04 Å². The van der Waals surface area contributed by atoms with Gasteiger partial charge in [-0.3, -0.25) is 0 Å². The predicted molar refractivity (Wildman–Crippen MR) is 97.6 cm³/mol. The Hall–Kier alpha value is -0.480. The number of halogens is 2. The van der Waals surface area contributed by atoms with E-state index in [1.54, 1.807) is 0 Å². The molecule has 0 amide bonds. The van der Waals surface area contributed by atoms with Crippen LogP contribution >= 0.6 is 39.3 Å². The van der Waals surface area contributed by atoms with Gasteiger partial charge in [0.05, 0.1) is 0 Å². The summed E-state index contributed by atoms with van der Waals surface area (Å²) >= 11 is 11.6. The fourth-order valence-electron chi connectivity index (χ4n) is 2.06. The van der Waals surface area contributed by atoms with Crippen molar-refractivity contribution < 1.29 is 0 Å². The fraction of sp³-hybridized carbons (Fsp3) is 0.294. The summed E-state index contributed by atoms with van der Waals surface area (Å²) in [6, 6.07) is 15.1. The molecule has 0 fully saturated rings. The molecule has 0 radical (unpaired) electrons. The fourth-order valence-corrected chi connectivity index (χ4v) is 3.64. The Morgan fingerprint density at radius 2 is 1.90 bits per heavy atom. The first-order chi connectivity index (χ1) is 10.1. The monoisotopic (exact) mass is 383 g/mol. The van der Waals surface area contributed by atoms with Gasteiger partial charge in [-0.15, -0.1) is 11.8 Å². The molecule has 0 saturated heterocycles. The maximum absolute atomic E-state index is 6.33. The van der Waals surface area contributed by atoms with E-state index in [4.69, 9.17) is 11.6 Å². The zero-order valence-corrected chi connectivity index (χ0v) is 15.4. The van der Waals surface area contributed by atoms with Crippen LogP contribution in [-0.4, -0.2) is 18.8 Å². The zero-order chi connectivity index (χ0) is 15.2. The Labute approximate surface area is 144 Å². The summed E-state index contributed by atoms with van der Waals surface area (Å²) in [4.78, 5) is 1.29. The molecule has 0 bridgehead atoms. The second kappa shape index (κ2) is 8.23. The number of likely N-dealkylation sites (N-methyl/N-ethyl adjacent to an activating group) is 1. The highest BCUT2D eigenvalue weighted by molar-refractivity contribution is 9.10. The molecule has 0 aliphatic carbocycles. The van der Waals surface area contributed by atoms with Crippen molar-refractivity contribution in [2.24, 2.45) is 0 Å². The Balaban J connectivity index is 1.95. The molecule has 112 valence electrons. The van der Waals surface area contributed by atoms with Gasteiger partial charge in [0.2, 0.25) is 0 Å². The van der Waals surface area contributed by atoms with Crippen LogP contribution in [0.4, 0.5) is 0 Å². The summed E-state index contributed by atoms with van der Waals surface area (Å²) in [5.74, 6) is 1.02. The van der Waals surface area contributed by atoms with E-state index in [1.807, 2.05) is 24.9 Å². The highest BCUT2D eigenvalue weighted by atomic mass is 79.9. The average molecular weight is 385 g/mol. The van der Waals surface area contributed by atoms with E-state index in [1.165, 1.54) is 16.0 Å². The molecule has 1 nitrogen and oxygen atoms in total. The van der Waals surface area contributed by atoms with Crippen LogP contribution in [0.25, 0.3) is 0 Å². The maximum atomic E-state index is 6.33. The van der Waals surface area contributed by atoms with E-state index in [2.05, 4.69) is 64.6 Å². The SMILES string of the molecule is CNC(CSc1ccc(Br)cc1)Cc1ccc(C)cc1Cl. The Morgan fingerprint density at radius 3 is 2.52 bits per heavy atom. The third-order valence-electron chi connectivity index (χ3n) is 3.35. The molecule has 1 unspecified atom stereocenters. The van der Waals surface area contributed by atoms with Gasteiger partial charge in [0.25, 0.3) is 0 Å². The van der Waals surface area contributed by atoms with Gasteiger partial charge in [0, 0.05) is 26.2 Å². The lowest BCUT2D eigenvalue weighted by Gasteiger charge is -2.17. The molecule has 2 rings (SSSR count). The molecule has 1 N–H and O–H groups in total. The Bertz CT molecular complexity index is 586. The van der Waals surface area contributed by atoms with Crippen LogP contribution in [0.3, 0.4) is 0 Å². The van der Waals surface area contributed by atoms with Gasteiger partial charge in [0.15, 0.2) is 0 Å². The van der Waals surface area contributed by atoms with Crippen molar-refractivity contribution in [1.82, 2.24) is 5.32 Å². The van der Waals surface area contributed by atoms with E-state index in [9.17, 15) is 0 Å². The Kier molecular flexibility index (Phi) is 6.62. The molecular formula is C17H19BrClNS. The third-order valence-corrected chi connectivity index (χ3v) is 5.40. The molecule has 4 heteroatoms. The molecular weight excluding hydrogens is 366 g/mol. The molecule has 2 aromatic carbocycles. The zero-order valence-electron chi connectivity index (χ0n) is 12.2. The quantitative estimate of drug-likeness (QED) is 0.675. The van der Waals surface area contributed by atoms with Crippen molar-refractivity contribution in [3.05, 3.63) is 63.1 Å². The number of rotatable bonds is 6. The minimum atomic E-state index is 0.402. The molecule has 0 saturated carbocycles. The largest absolute Gasteiger partial charge is 0.316 e. The van der Waals surface area contributed by atoms with Crippen molar-refractivity contribution in [3.8, 4) is 0 Å². The lowest BCUT2D eigenvalue weighted by molar-refractivity contribution is 0.617. The summed E-state index contributed by atoms with van der Waals surface area (Å²) in [7, 11) is 2.01. The topological polar surface area (TPSA) is 12.0 Å². The van der Waals surface area contributed by atoms with Gasteiger partial charge in [-0.05, 0) is 61.9 Å². The number of hydrogen-bond acceptors (Lipinski definition) is 2. The van der Waals surface area contributed by atoms with Crippen molar-refractivity contribution in [1.29, 1.82) is 0 Å². The average Bonchev–Trinajstić information content (AvgIpc) is 2.47. The van der Waals surface area contributed by atoms with E-state index in [0.717, 1.165) is 21.7 Å². The predicted octanol–water partition coefficient (Wildman–Crippen LogP) is 5.33. The van der Waals surface area contributed by atoms with Crippen LogP contribution in [0.15, 0.2) is 51.8 Å². The number of hydrogen-bond donors (Lipinski definition) is 1. The summed E-state index contributed by atoms with van der Waals surface area (Å²) in [6.07, 6.45) is 0.944. The van der Waals surface area contributed by atoms with Crippen LogP contribution in [-0.2, 0) is 6.42 Å². The van der Waals surface area contributed by atoms with Crippen molar-refractivity contribution in [2.45, 2.75) is 24.3 Å². The minimum absolute atomic E-state index is 0.402. The van der Waals surface area contributed by atoms with Gasteiger partial charge in [0.1, 0.15) is 0 Å². The highest BCUT2D eigenvalue weighted by Gasteiger charge is 2.10. The molecule has 21 heavy (non-hydrogen) atoms. The molecule has 0 aliphatic heterocycles. The summed E-state index contributed by atoms with van der Waals surface area (Å²) in [5, 5.41) is 4.25. The van der Waals surface area contributed by atoms with Crippen LogP contribution in [0.2, 0.25) is 5.02 Å². The lowest BCUT2D eigenvalue weighted by atomic mass is 10.1. The maximum Gasteiger partial charge on any atom is 0.0441 e. The summed E-state index contributed by atoms with van der Waals surface area (Å²) < 4.78 is 1.11. The number of benzene rings is 2. The molecule has 0 aliphatic rings. The molecule has 0 aromatic heterocycles. The van der Waals surface area contributed by atoms with Gasteiger partial charge >= 0.3 is 0 Å². The van der Waals surface area contributed by atoms with E-state index in [-0.39, 0.29) is 0 Å². The molecule has 0 heterocycles. The molecule has 1 atom stereocenters. The molecule has 2 aromatic rings. The van der Waals surface area contributed by atoms with E-state index < -0.39 is 0 Å². The smallest absolute Gasteiger partial charge is 0.0441 e. The first-order valence-electron chi connectivity index (χ1n) is 6.89. The normalized spacial score (nSPS) is 12.4. The Morgan fingerprint density at radius 1 is 1.19 bits per heavy atom. The van der Waals surface area contributed by atoms with Gasteiger partial charge < -0.3 is 5.32 Å². The van der Waals surface area contributed by atoms with E-state index >= 15 is 0 Å². The standard InChI is InChI=1S/C17H19BrClNS/c1-12-3-4-13(17(19)9-12)10-15(20-2)11-21-16-7-5-14(18)6-8-16/h3-9,15,20H,10-11H2,1-2H3. The van der Waals surface area contributed by atoms with Crippen molar-refractivity contribution >= 4 is 39.3 Å². The second-order valence-corrected chi connectivity index (χ2v) is 7.47. The van der Waals surface area contributed by atoms with Gasteiger partial charge in [-0.25, -0.2) is 0 Å². The summed E-state index contributed by atoms with van der Waals surface area (Å²) in [6.45, 7) is 2.06. The van der Waals surface area contributed by atoms with Gasteiger partial charge in [-0.1, -0.05) is 39.7 Å².